The maximum absolute atomic E-state index is 10.1. The zero-order valence-electron chi connectivity index (χ0n) is 4.92. The minimum atomic E-state index is 0.0602. The van der Waals surface area contributed by atoms with Gasteiger partial charge in [0.1, 0.15) is 0 Å². The van der Waals surface area contributed by atoms with Gasteiger partial charge in [0.15, 0.2) is 0 Å². The minimum Gasteiger partial charge on any atom is -0.785 e. The van der Waals surface area contributed by atoms with Crippen LogP contribution >= 0.6 is 8.73 Å². The van der Waals surface area contributed by atoms with Gasteiger partial charge in [0.2, 0.25) is 0 Å². The standard InChI is InChI=1S/C3H9N2O2P/c1-4(6)3-8-5(2)7/h8H,3H2,1-2H3/q-2. The number of nitrogens with zero attached hydrogens (tertiary/aromatic N) is 2. The number of hydrogen-bond donors (Lipinski definition) is 0. The number of hydroxylamine groups is 3. The van der Waals surface area contributed by atoms with Gasteiger partial charge in [-0.2, -0.15) is 0 Å². The summed E-state index contributed by atoms with van der Waals surface area (Å²) in [4.78, 5) is 0.758. The topological polar surface area (TPSA) is 52.6 Å². The predicted molar refractivity (Wildman–Crippen MR) is 35.4 cm³/mol. The molecule has 0 radical (unpaired) electrons. The fourth-order valence-corrected chi connectivity index (χ4v) is 0.597. The van der Waals surface area contributed by atoms with E-state index in [1.54, 1.807) is 0 Å². The molecule has 1 unspecified atom stereocenters. The van der Waals surface area contributed by atoms with E-state index in [9.17, 15) is 10.4 Å². The summed E-state index contributed by atoms with van der Waals surface area (Å²) in [5, 5.41) is 21.0. The van der Waals surface area contributed by atoms with Crippen LogP contribution in [0.15, 0.2) is 0 Å². The average Bonchev–Trinajstić information content (AvgIpc) is 1.61. The highest BCUT2D eigenvalue weighted by Crippen LogP contribution is 2.12. The van der Waals surface area contributed by atoms with E-state index in [0.29, 0.717) is 6.29 Å². The van der Waals surface area contributed by atoms with Crippen LogP contribution in [0.4, 0.5) is 0 Å². The largest absolute Gasteiger partial charge is 0.785 e. The van der Waals surface area contributed by atoms with Crippen molar-refractivity contribution in [2.45, 2.75) is 0 Å². The Morgan fingerprint density at radius 2 is 1.88 bits per heavy atom. The maximum atomic E-state index is 10.1. The lowest BCUT2D eigenvalue weighted by Crippen LogP contribution is -2.09. The van der Waals surface area contributed by atoms with E-state index in [1.807, 2.05) is 0 Å². The highest BCUT2D eigenvalue weighted by atomic mass is 31.1. The van der Waals surface area contributed by atoms with Gasteiger partial charge in [-0.3, -0.25) is 0 Å². The lowest BCUT2D eigenvalue weighted by molar-refractivity contribution is 0.534. The highest BCUT2D eigenvalue weighted by molar-refractivity contribution is 7.35. The second-order valence-corrected chi connectivity index (χ2v) is 2.70. The van der Waals surface area contributed by atoms with Crippen molar-refractivity contribution in [2.24, 2.45) is 0 Å². The zero-order chi connectivity index (χ0) is 6.57. The van der Waals surface area contributed by atoms with E-state index in [4.69, 9.17) is 0 Å². The molecule has 0 spiro atoms. The van der Waals surface area contributed by atoms with Crippen molar-refractivity contribution < 1.29 is 0 Å². The van der Waals surface area contributed by atoms with Crippen molar-refractivity contribution in [1.82, 2.24) is 9.90 Å². The first-order valence-corrected chi connectivity index (χ1v) is 3.31. The Hall–Kier alpha value is 0.270. The normalized spacial score (nSPS) is 12.8. The lowest BCUT2D eigenvalue weighted by Gasteiger charge is -2.28. The van der Waals surface area contributed by atoms with Crippen molar-refractivity contribution in [3.63, 3.8) is 0 Å². The Kier molecular flexibility index (Phi) is 4.32. The first kappa shape index (κ1) is 8.27. The van der Waals surface area contributed by atoms with Gasteiger partial charge in [-0.05, 0) is 14.1 Å². The monoisotopic (exact) mass is 136 g/mol. The van der Waals surface area contributed by atoms with E-state index in [0.717, 1.165) is 9.90 Å². The molecule has 0 fully saturated rings. The molecule has 0 saturated carbocycles. The highest BCUT2D eigenvalue weighted by Gasteiger charge is 1.80. The van der Waals surface area contributed by atoms with Crippen molar-refractivity contribution >= 4 is 8.73 Å². The smallest absolute Gasteiger partial charge is 0.0161 e. The third-order valence-electron chi connectivity index (χ3n) is 0.516. The summed E-state index contributed by atoms with van der Waals surface area (Å²) in [6.07, 6.45) is 0.306. The van der Waals surface area contributed by atoms with Gasteiger partial charge in [-0.1, -0.05) is 8.73 Å². The molecule has 0 rings (SSSR count). The predicted octanol–water partition coefficient (Wildman–Crippen LogP) is 0.397. The van der Waals surface area contributed by atoms with E-state index in [1.165, 1.54) is 14.1 Å². The summed E-state index contributed by atoms with van der Waals surface area (Å²) in [7, 11) is 2.86. The van der Waals surface area contributed by atoms with Crippen molar-refractivity contribution in [2.75, 3.05) is 20.4 Å². The summed E-state index contributed by atoms with van der Waals surface area (Å²) < 4.78 is 0. The van der Waals surface area contributed by atoms with E-state index in [-0.39, 0.29) is 8.73 Å². The SMILES string of the molecule is CN([O-])CPN(C)[O-]. The van der Waals surface area contributed by atoms with Crippen LogP contribution in [0.25, 0.3) is 0 Å². The van der Waals surface area contributed by atoms with Crippen LogP contribution in [0.5, 0.6) is 0 Å². The van der Waals surface area contributed by atoms with Crippen molar-refractivity contribution in [1.29, 1.82) is 0 Å². The Balaban J connectivity index is 2.93. The van der Waals surface area contributed by atoms with Crippen molar-refractivity contribution in [3.05, 3.63) is 10.4 Å². The van der Waals surface area contributed by atoms with Gasteiger partial charge in [-0.15, -0.1) is 0 Å². The zero-order valence-corrected chi connectivity index (χ0v) is 5.92. The van der Waals surface area contributed by atoms with Gasteiger partial charge in [-0.25, -0.2) is 0 Å². The molecule has 50 valence electrons. The summed E-state index contributed by atoms with van der Waals surface area (Å²) in [6.45, 7) is 0. The van der Waals surface area contributed by atoms with Crippen LogP contribution in [-0.4, -0.2) is 30.3 Å². The second kappa shape index (κ2) is 4.18. The summed E-state index contributed by atoms with van der Waals surface area (Å²) in [5.74, 6) is 0. The Bertz CT molecular complexity index is 51.2. The van der Waals surface area contributed by atoms with Gasteiger partial charge < -0.3 is 20.3 Å². The Morgan fingerprint density at radius 3 is 2.00 bits per heavy atom. The van der Waals surface area contributed by atoms with Gasteiger partial charge in [0.05, 0.1) is 0 Å². The molecule has 0 amide bonds. The van der Waals surface area contributed by atoms with Gasteiger partial charge >= 0.3 is 0 Å². The summed E-state index contributed by atoms with van der Waals surface area (Å²) in [6, 6.07) is 0. The van der Waals surface area contributed by atoms with E-state index >= 15 is 0 Å². The molecular formula is C3H9N2O2P-2. The lowest BCUT2D eigenvalue weighted by atomic mass is 11.2. The number of hydrogen-bond acceptors (Lipinski definition) is 4. The van der Waals surface area contributed by atoms with Crippen LogP contribution in [-0.2, 0) is 0 Å². The fourth-order valence-electron chi connectivity index (χ4n) is 0.199. The molecule has 0 aromatic carbocycles. The summed E-state index contributed by atoms with van der Waals surface area (Å²) >= 11 is 0. The molecule has 0 N–H and O–H groups in total. The van der Waals surface area contributed by atoms with Gasteiger partial charge in [0, 0.05) is 6.29 Å². The molecule has 0 aromatic rings. The number of rotatable bonds is 3. The van der Waals surface area contributed by atoms with Gasteiger partial charge in [0.25, 0.3) is 0 Å². The molecule has 0 aliphatic rings. The summed E-state index contributed by atoms with van der Waals surface area (Å²) in [5.41, 5.74) is 0. The third-order valence-corrected chi connectivity index (χ3v) is 1.55. The first-order chi connectivity index (χ1) is 3.63. The molecule has 0 aliphatic heterocycles. The quantitative estimate of drug-likeness (QED) is 0.416. The first-order valence-electron chi connectivity index (χ1n) is 2.15. The molecule has 0 aliphatic carbocycles. The van der Waals surface area contributed by atoms with E-state index < -0.39 is 0 Å². The molecule has 0 bridgehead atoms. The Morgan fingerprint density at radius 1 is 1.38 bits per heavy atom. The molecule has 1 atom stereocenters. The minimum absolute atomic E-state index is 0.0602. The van der Waals surface area contributed by atoms with Crippen LogP contribution in [0.1, 0.15) is 0 Å². The molecule has 0 heterocycles. The van der Waals surface area contributed by atoms with Crippen LogP contribution < -0.4 is 0 Å². The Labute approximate surface area is 50.5 Å². The van der Waals surface area contributed by atoms with Crippen LogP contribution in [0.2, 0.25) is 0 Å². The molecular weight excluding hydrogens is 127 g/mol. The molecule has 5 heteroatoms. The molecule has 0 saturated heterocycles. The average molecular weight is 136 g/mol. The molecule has 4 nitrogen and oxygen atoms in total. The van der Waals surface area contributed by atoms with Crippen LogP contribution in [0.3, 0.4) is 0 Å². The van der Waals surface area contributed by atoms with Crippen molar-refractivity contribution in [3.8, 4) is 0 Å². The molecule has 0 aromatic heterocycles. The fraction of sp³-hybridized carbons (Fsp3) is 1.00. The van der Waals surface area contributed by atoms with E-state index in [2.05, 4.69) is 0 Å². The second-order valence-electron chi connectivity index (χ2n) is 1.44. The third kappa shape index (κ3) is 6.27. The van der Waals surface area contributed by atoms with Crippen LogP contribution in [0, 0.1) is 10.4 Å². The maximum Gasteiger partial charge on any atom is 0.0161 e. The molecule has 8 heavy (non-hydrogen) atoms.